The maximum atomic E-state index is 12.4. The van der Waals surface area contributed by atoms with Gasteiger partial charge < -0.3 is 15.5 Å². The van der Waals surface area contributed by atoms with Crippen LogP contribution < -0.4 is 5.73 Å². The number of piperazine rings is 1. The van der Waals surface area contributed by atoms with Crippen LogP contribution in [0.15, 0.2) is 42.5 Å². The van der Waals surface area contributed by atoms with E-state index >= 15 is 0 Å². The maximum absolute atomic E-state index is 12.4. The summed E-state index contributed by atoms with van der Waals surface area (Å²) in [7, 11) is 0. The highest BCUT2D eigenvalue weighted by atomic mass is 35.5. The topological polar surface area (TPSA) is 83.7 Å². The second-order valence-corrected chi connectivity index (χ2v) is 7.86. The van der Waals surface area contributed by atoms with Crippen LogP contribution in [-0.2, 0) is 16.1 Å². The van der Waals surface area contributed by atoms with Gasteiger partial charge in [0.05, 0.1) is 4.34 Å². The van der Waals surface area contributed by atoms with Gasteiger partial charge in [-0.05, 0) is 35.9 Å². The summed E-state index contributed by atoms with van der Waals surface area (Å²) >= 11 is 7.25. The first kappa shape index (κ1) is 19.1. The van der Waals surface area contributed by atoms with E-state index in [1.807, 2.05) is 12.1 Å². The molecule has 140 valence electrons. The van der Waals surface area contributed by atoms with Gasteiger partial charge in [-0.15, -0.1) is 11.3 Å². The molecule has 1 fully saturated rings. The molecule has 0 unspecified atom stereocenters. The van der Waals surface area contributed by atoms with E-state index in [1.165, 1.54) is 22.3 Å². The number of nitrogens with two attached hydrogens (primary N) is 1. The number of halogens is 1. The molecule has 0 atom stereocenters. The van der Waals surface area contributed by atoms with Crippen LogP contribution in [-0.4, -0.2) is 47.2 Å². The van der Waals surface area contributed by atoms with Crippen molar-refractivity contribution in [1.82, 2.24) is 9.80 Å². The fourth-order valence-corrected chi connectivity index (χ4v) is 3.75. The van der Waals surface area contributed by atoms with Gasteiger partial charge in [-0.25, -0.2) is 0 Å². The monoisotopic (exact) mass is 403 g/mol. The quantitative estimate of drug-likeness (QED) is 0.778. The lowest BCUT2D eigenvalue weighted by molar-refractivity contribution is -0.143. The van der Waals surface area contributed by atoms with Gasteiger partial charge in [0.25, 0.3) is 0 Å². The summed E-state index contributed by atoms with van der Waals surface area (Å²) in [6.45, 7) is 1.30. The van der Waals surface area contributed by atoms with Gasteiger partial charge in [0, 0.05) is 36.2 Å². The highest BCUT2D eigenvalue weighted by Gasteiger charge is 2.26. The third-order valence-corrected chi connectivity index (χ3v) is 5.40. The largest absolute Gasteiger partial charge is 0.366 e. The second kappa shape index (κ2) is 8.37. The first-order valence-electron chi connectivity index (χ1n) is 8.31. The molecule has 3 rings (SSSR count). The lowest BCUT2D eigenvalue weighted by atomic mass is 10.1. The minimum absolute atomic E-state index is 0.0316. The van der Waals surface area contributed by atoms with Crippen LogP contribution in [0.3, 0.4) is 0 Å². The van der Waals surface area contributed by atoms with Crippen LogP contribution >= 0.6 is 22.9 Å². The molecule has 1 aromatic heterocycles. The number of carbonyl (C=O) groups is 3. The van der Waals surface area contributed by atoms with Crippen molar-refractivity contribution in [3.63, 3.8) is 0 Å². The number of nitrogens with zero attached hydrogens (tertiary/aromatic N) is 2. The Kier molecular flexibility index (Phi) is 5.93. The van der Waals surface area contributed by atoms with Crippen molar-refractivity contribution in [3.05, 3.63) is 62.8 Å². The summed E-state index contributed by atoms with van der Waals surface area (Å²) in [4.78, 5) is 40.1. The van der Waals surface area contributed by atoms with E-state index in [-0.39, 0.29) is 18.4 Å². The van der Waals surface area contributed by atoms with Gasteiger partial charge in [-0.3, -0.25) is 14.4 Å². The van der Waals surface area contributed by atoms with E-state index in [4.69, 9.17) is 17.3 Å². The molecule has 0 spiro atoms. The van der Waals surface area contributed by atoms with Crippen molar-refractivity contribution in [1.29, 1.82) is 0 Å². The molecule has 1 saturated heterocycles. The Labute approximate surface area is 165 Å². The van der Waals surface area contributed by atoms with Crippen LogP contribution in [0.4, 0.5) is 0 Å². The standard InChI is InChI=1S/C19H18ClN3O3S/c20-16-6-4-15(27-16)5-7-17(24)23-9-8-22(18(25)12-23)11-13-2-1-3-14(10-13)19(21)26/h1-7,10H,8-9,11-12H2,(H2,21,26)/b7-5+. The van der Waals surface area contributed by atoms with Crippen LogP contribution in [0.2, 0.25) is 4.34 Å². The molecule has 6 nitrogen and oxygen atoms in total. The van der Waals surface area contributed by atoms with Gasteiger partial charge in [0.2, 0.25) is 17.7 Å². The molecule has 2 aromatic rings. The summed E-state index contributed by atoms with van der Waals surface area (Å²) in [5, 5.41) is 0. The van der Waals surface area contributed by atoms with Crippen molar-refractivity contribution >= 4 is 46.7 Å². The average molecular weight is 404 g/mol. The van der Waals surface area contributed by atoms with Crippen molar-refractivity contribution in [3.8, 4) is 0 Å². The van der Waals surface area contributed by atoms with Gasteiger partial charge in [0.15, 0.2) is 0 Å². The van der Waals surface area contributed by atoms with Crippen LogP contribution in [0.5, 0.6) is 0 Å². The van der Waals surface area contributed by atoms with Gasteiger partial charge >= 0.3 is 0 Å². The number of hydrogen-bond donors (Lipinski definition) is 1. The molecular formula is C19H18ClN3O3S. The number of primary amides is 1. The minimum Gasteiger partial charge on any atom is -0.366 e. The molecule has 1 aromatic carbocycles. The van der Waals surface area contributed by atoms with Crippen molar-refractivity contribution in [2.45, 2.75) is 6.54 Å². The summed E-state index contributed by atoms with van der Waals surface area (Å²) in [6.07, 6.45) is 3.16. The zero-order valence-corrected chi connectivity index (χ0v) is 16.0. The normalized spacial score (nSPS) is 14.8. The van der Waals surface area contributed by atoms with E-state index in [9.17, 15) is 14.4 Å². The van der Waals surface area contributed by atoms with E-state index in [0.29, 0.717) is 29.5 Å². The molecule has 0 saturated carbocycles. The Bertz CT molecular complexity index is 909. The molecule has 0 aliphatic carbocycles. The lowest BCUT2D eigenvalue weighted by Crippen LogP contribution is -2.51. The van der Waals surface area contributed by atoms with Crippen molar-refractivity contribution < 1.29 is 14.4 Å². The predicted molar refractivity (Wildman–Crippen MR) is 105 cm³/mol. The molecule has 3 amide bonds. The summed E-state index contributed by atoms with van der Waals surface area (Å²) in [5.74, 6) is -0.840. The van der Waals surface area contributed by atoms with Gasteiger partial charge in [0.1, 0.15) is 6.54 Å². The van der Waals surface area contributed by atoms with Crippen LogP contribution in [0, 0.1) is 0 Å². The Morgan fingerprint density at radius 1 is 1.22 bits per heavy atom. The zero-order valence-electron chi connectivity index (χ0n) is 14.4. The molecule has 1 aliphatic rings. The van der Waals surface area contributed by atoms with Crippen LogP contribution in [0.25, 0.3) is 6.08 Å². The first-order valence-corrected chi connectivity index (χ1v) is 9.50. The fourth-order valence-electron chi connectivity index (χ4n) is 2.78. The highest BCUT2D eigenvalue weighted by Crippen LogP contribution is 2.22. The molecule has 27 heavy (non-hydrogen) atoms. The summed E-state index contributed by atoms with van der Waals surface area (Å²) in [5.41, 5.74) is 6.53. The number of hydrogen-bond acceptors (Lipinski definition) is 4. The molecule has 1 aliphatic heterocycles. The molecular weight excluding hydrogens is 386 g/mol. The van der Waals surface area contributed by atoms with Crippen molar-refractivity contribution in [2.75, 3.05) is 19.6 Å². The predicted octanol–water partition coefficient (Wildman–Crippen LogP) is 2.38. The van der Waals surface area contributed by atoms with E-state index in [0.717, 1.165) is 10.4 Å². The Hall–Kier alpha value is -2.64. The van der Waals surface area contributed by atoms with E-state index < -0.39 is 5.91 Å². The van der Waals surface area contributed by atoms with E-state index in [2.05, 4.69) is 0 Å². The zero-order chi connectivity index (χ0) is 19.4. The molecule has 0 bridgehead atoms. The summed E-state index contributed by atoms with van der Waals surface area (Å²) < 4.78 is 0.659. The van der Waals surface area contributed by atoms with Crippen molar-refractivity contribution in [2.24, 2.45) is 5.73 Å². The van der Waals surface area contributed by atoms with E-state index in [1.54, 1.807) is 35.2 Å². The third kappa shape index (κ3) is 4.96. The van der Waals surface area contributed by atoms with Crippen LogP contribution in [0.1, 0.15) is 20.8 Å². The second-order valence-electron chi connectivity index (χ2n) is 6.11. The number of thiophene rings is 1. The maximum Gasteiger partial charge on any atom is 0.248 e. The number of benzene rings is 1. The van der Waals surface area contributed by atoms with Gasteiger partial charge in [-0.2, -0.15) is 0 Å². The summed E-state index contributed by atoms with van der Waals surface area (Å²) in [6, 6.07) is 10.5. The Balaban J connectivity index is 1.58. The average Bonchev–Trinajstić information content (AvgIpc) is 3.07. The third-order valence-electron chi connectivity index (χ3n) is 4.20. The molecule has 0 radical (unpaired) electrons. The number of amides is 3. The minimum atomic E-state index is -0.502. The lowest BCUT2D eigenvalue weighted by Gasteiger charge is -2.34. The number of carbonyl (C=O) groups excluding carboxylic acids is 3. The molecule has 8 heteroatoms. The Morgan fingerprint density at radius 3 is 2.70 bits per heavy atom. The van der Waals surface area contributed by atoms with Gasteiger partial charge in [-0.1, -0.05) is 23.7 Å². The Morgan fingerprint density at radius 2 is 2.04 bits per heavy atom. The first-order chi connectivity index (χ1) is 12.9. The molecule has 2 heterocycles. The molecule has 2 N–H and O–H groups in total. The smallest absolute Gasteiger partial charge is 0.248 e. The SMILES string of the molecule is NC(=O)c1cccc(CN2CCN(C(=O)/C=C/c3ccc(Cl)s3)CC2=O)c1. The fraction of sp³-hybridized carbons (Fsp3) is 0.211. The highest BCUT2D eigenvalue weighted by molar-refractivity contribution is 7.17. The number of rotatable bonds is 5.